The molecule has 0 unspecified atom stereocenters. The molecule has 1 fully saturated rings. The van der Waals surface area contributed by atoms with Crippen molar-refractivity contribution in [3.8, 4) is 0 Å². The minimum atomic E-state index is 0.0336. The third kappa shape index (κ3) is 0.755. The highest BCUT2D eigenvalue weighted by Gasteiger charge is 2.51. The predicted octanol–water partition coefficient (Wildman–Crippen LogP) is 1.17. The van der Waals surface area contributed by atoms with Gasteiger partial charge in [0.25, 0.3) is 0 Å². The van der Waals surface area contributed by atoms with Gasteiger partial charge in [0.1, 0.15) is 0 Å². The van der Waals surface area contributed by atoms with Crippen molar-refractivity contribution < 1.29 is 4.79 Å². The molecule has 0 saturated carbocycles. The minimum absolute atomic E-state index is 0.0336. The van der Waals surface area contributed by atoms with Crippen LogP contribution in [0, 0.1) is 11.3 Å². The first-order valence-electron chi connectivity index (χ1n) is 4.65. The number of carbonyl (C=O) groups excluding carboxylic acids is 1. The molecule has 3 rings (SSSR count). The summed E-state index contributed by atoms with van der Waals surface area (Å²) in [6, 6.07) is 0.228. The van der Waals surface area contributed by atoms with Crippen LogP contribution in [0.1, 0.15) is 6.42 Å². The van der Waals surface area contributed by atoms with Gasteiger partial charge in [-0.05, 0) is 0 Å². The quantitative estimate of drug-likeness (QED) is 0.547. The Bertz CT molecular complexity index is 353. The van der Waals surface area contributed by atoms with E-state index < -0.39 is 0 Å². The van der Waals surface area contributed by atoms with Crippen molar-refractivity contribution in [3.05, 3.63) is 36.5 Å². The summed E-state index contributed by atoms with van der Waals surface area (Å²) in [5.41, 5.74) is 0.0336. The molecule has 1 saturated heterocycles. The van der Waals surface area contributed by atoms with Gasteiger partial charge in [-0.1, -0.05) is 36.5 Å². The number of nitrogens with one attached hydrogen (secondary N) is 1. The molecular weight excluding hydrogens is 162 g/mol. The van der Waals surface area contributed by atoms with E-state index in [4.69, 9.17) is 0 Å². The van der Waals surface area contributed by atoms with Crippen LogP contribution in [0.25, 0.3) is 0 Å². The Kier molecular flexibility index (Phi) is 1.17. The van der Waals surface area contributed by atoms with Crippen molar-refractivity contribution in [1.82, 2.24) is 5.32 Å². The number of hydrogen-bond donors (Lipinski definition) is 1. The second-order valence-corrected chi connectivity index (χ2v) is 3.99. The molecule has 0 aromatic rings. The molecule has 1 aliphatic heterocycles. The molecule has 13 heavy (non-hydrogen) atoms. The van der Waals surface area contributed by atoms with Crippen LogP contribution in [0.4, 0.5) is 0 Å². The van der Waals surface area contributed by atoms with Crippen molar-refractivity contribution >= 4 is 5.91 Å². The Hall–Kier alpha value is -1.31. The van der Waals surface area contributed by atoms with E-state index in [2.05, 4.69) is 41.8 Å². The zero-order valence-electron chi connectivity index (χ0n) is 7.23. The average Bonchev–Trinajstić information content (AvgIpc) is 2.57. The van der Waals surface area contributed by atoms with Crippen LogP contribution < -0.4 is 5.32 Å². The first-order valence-corrected chi connectivity index (χ1v) is 4.65. The van der Waals surface area contributed by atoms with Crippen molar-refractivity contribution in [2.45, 2.75) is 12.5 Å². The lowest BCUT2D eigenvalue weighted by molar-refractivity contribution is -0.119. The summed E-state index contributed by atoms with van der Waals surface area (Å²) in [6.45, 7) is 0. The molecule has 1 heterocycles. The number of carbonyl (C=O) groups is 1. The second-order valence-electron chi connectivity index (χ2n) is 3.99. The van der Waals surface area contributed by atoms with E-state index in [1.165, 1.54) is 0 Å². The molecule has 3 atom stereocenters. The molecule has 0 aromatic carbocycles. The molecule has 1 N–H and O–H groups in total. The average molecular weight is 173 g/mol. The second kappa shape index (κ2) is 2.13. The van der Waals surface area contributed by atoms with Gasteiger partial charge in [0.05, 0.1) is 6.04 Å². The Morgan fingerprint density at radius 1 is 1.31 bits per heavy atom. The van der Waals surface area contributed by atoms with Crippen LogP contribution in [-0.2, 0) is 4.79 Å². The fourth-order valence-corrected chi connectivity index (χ4v) is 2.64. The number of amides is 1. The van der Waals surface area contributed by atoms with Gasteiger partial charge in [-0.15, -0.1) is 0 Å². The monoisotopic (exact) mass is 173 g/mol. The maximum absolute atomic E-state index is 11.3. The third-order valence-corrected chi connectivity index (χ3v) is 3.33. The first kappa shape index (κ1) is 7.13. The van der Waals surface area contributed by atoms with Gasteiger partial charge in [0.15, 0.2) is 0 Å². The lowest BCUT2D eigenvalue weighted by Gasteiger charge is -2.31. The van der Waals surface area contributed by atoms with E-state index in [9.17, 15) is 4.79 Å². The predicted molar refractivity (Wildman–Crippen MR) is 49.9 cm³/mol. The smallest absolute Gasteiger partial charge is 0.221 e. The topological polar surface area (TPSA) is 29.1 Å². The van der Waals surface area contributed by atoms with Gasteiger partial charge >= 0.3 is 0 Å². The molecule has 0 aromatic heterocycles. The maximum atomic E-state index is 11.3. The van der Waals surface area contributed by atoms with E-state index in [0.717, 1.165) is 0 Å². The lowest BCUT2D eigenvalue weighted by atomic mass is 9.72. The number of allylic oxidation sites excluding steroid dienone is 4. The summed E-state index contributed by atoms with van der Waals surface area (Å²) in [5.74, 6) is 0.598. The normalized spacial score (nSPS) is 44.8. The van der Waals surface area contributed by atoms with Gasteiger partial charge < -0.3 is 5.32 Å². The van der Waals surface area contributed by atoms with Crippen LogP contribution >= 0.6 is 0 Å². The summed E-state index contributed by atoms with van der Waals surface area (Å²) in [5, 5.41) is 2.99. The van der Waals surface area contributed by atoms with Crippen LogP contribution in [-0.4, -0.2) is 11.9 Å². The van der Waals surface area contributed by atoms with Gasteiger partial charge in [0.2, 0.25) is 5.91 Å². The molecule has 3 aliphatic rings. The van der Waals surface area contributed by atoms with Crippen molar-refractivity contribution in [2.75, 3.05) is 0 Å². The highest BCUT2D eigenvalue weighted by molar-refractivity contribution is 5.82. The summed E-state index contributed by atoms with van der Waals surface area (Å²) in [6.07, 6.45) is 13.4. The lowest BCUT2D eigenvalue weighted by Crippen LogP contribution is -2.35. The zero-order chi connectivity index (χ0) is 8.89. The molecule has 1 amide bonds. The van der Waals surface area contributed by atoms with Gasteiger partial charge in [-0.3, -0.25) is 4.79 Å². The summed E-state index contributed by atoms with van der Waals surface area (Å²) in [4.78, 5) is 11.3. The van der Waals surface area contributed by atoms with Crippen LogP contribution in [0.15, 0.2) is 36.5 Å². The third-order valence-electron chi connectivity index (χ3n) is 3.33. The van der Waals surface area contributed by atoms with Crippen molar-refractivity contribution in [3.63, 3.8) is 0 Å². The zero-order valence-corrected chi connectivity index (χ0v) is 7.23. The Labute approximate surface area is 77.0 Å². The summed E-state index contributed by atoms with van der Waals surface area (Å²) in [7, 11) is 0. The van der Waals surface area contributed by atoms with Crippen LogP contribution in [0.3, 0.4) is 0 Å². The van der Waals surface area contributed by atoms with E-state index in [-0.39, 0.29) is 17.4 Å². The number of hydrogen-bond acceptors (Lipinski definition) is 1. The van der Waals surface area contributed by atoms with Gasteiger partial charge in [0, 0.05) is 17.8 Å². The summed E-state index contributed by atoms with van der Waals surface area (Å²) < 4.78 is 0. The van der Waals surface area contributed by atoms with Gasteiger partial charge in [-0.25, -0.2) is 0 Å². The van der Waals surface area contributed by atoms with E-state index in [1.54, 1.807) is 0 Å². The molecule has 0 bridgehead atoms. The molecule has 2 aliphatic carbocycles. The SMILES string of the molecule is O=C1C[C@]23C=CC=C[C@@H]2C=C[C@H]3N1. The van der Waals surface area contributed by atoms with Crippen molar-refractivity contribution in [2.24, 2.45) is 11.3 Å². The highest BCUT2D eigenvalue weighted by Crippen LogP contribution is 2.48. The maximum Gasteiger partial charge on any atom is 0.221 e. The molecule has 0 radical (unpaired) electrons. The molecule has 1 spiro atoms. The van der Waals surface area contributed by atoms with E-state index in [0.29, 0.717) is 12.3 Å². The fourth-order valence-electron chi connectivity index (χ4n) is 2.64. The minimum Gasteiger partial charge on any atom is -0.349 e. The Balaban J connectivity index is 2.09. The molecule has 2 nitrogen and oxygen atoms in total. The van der Waals surface area contributed by atoms with E-state index >= 15 is 0 Å². The summed E-state index contributed by atoms with van der Waals surface area (Å²) >= 11 is 0. The Morgan fingerprint density at radius 3 is 3.15 bits per heavy atom. The molecule has 2 heteroatoms. The first-order chi connectivity index (χ1) is 6.31. The number of rotatable bonds is 0. The van der Waals surface area contributed by atoms with E-state index in [1.807, 2.05) is 0 Å². The largest absolute Gasteiger partial charge is 0.349 e. The fraction of sp³-hybridized carbons (Fsp3) is 0.364. The standard InChI is InChI=1S/C11H11NO/c13-10-7-11-6-2-1-3-8(11)4-5-9(11)12-10/h1-6,8-9H,7H2,(H,12,13)/t8-,9-,11-/m1/s1. The highest BCUT2D eigenvalue weighted by atomic mass is 16.2. The molecular formula is C11H11NO. The van der Waals surface area contributed by atoms with Gasteiger partial charge in [-0.2, -0.15) is 0 Å². The van der Waals surface area contributed by atoms with Crippen LogP contribution in [0.5, 0.6) is 0 Å². The Morgan fingerprint density at radius 2 is 2.23 bits per heavy atom. The molecule has 66 valence electrons. The van der Waals surface area contributed by atoms with Crippen molar-refractivity contribution in [1.29, 1.82) is 0 Å². The van der Waals surface area contributed by atoms with Crippen LogP contribution in [0.2, 0.25) is 0 Å².